The molecular weight excluding hydrogens is 1790 g/mol. The predicted molar refractivity (Wildman–Crippen MR) is 484 cm³/mol. The van der Waals surface area contributed by atoms with Gasteiger partial charge in [-0.3, -0.25) is 29.1 Å². The zero-order chi connectivity index (χ0) is 95.0. The lowest BCUT2D eigenvalue weighted by atomic mass is 10.0. The molecule has 4 aliphatic rings. The van der Waals surface area contributed by atoms with Gasteiger partial charge in [-0.1, -0.05) is 24.3 Å². The van der Waals surface area contributed by atoms with E-state index in [2.05, 4.69) is 41.9 Å². The Bertz CT molecular complexity index is 4230. The molecule has 4 atom stereocenters. The number of thioether (sulfide) groups is 2. The van der Waals surface area contributed by atoms with E-state index in [1.165, 1.54) is 82.4 Å². The minimum absolute atomic E-state index is 0.0108. The van der Waals surface area contributed by atoms with Crippen molar-refractivity contribution in [2.24, 2.45) is 0 Å². The van der Waals surface area contributed by atoms with Gasteiger partial charge in [0.25, 0.3) is 0 Å². The van der Waals surface area contributed by atoms with Crippen LogP contribution in [0.5, 0.6) is 11.5 Å². The fourth-order valence-electron chi connectivity index (χ4n) is 13.6. The van der Waals surface area contributed by atoms with Crippen LogP contribution in [0.4, 0.5) is 19.2 Å². The van der Waals surface area contributed by atoms with Crippen molar-refractivity contribution >= 4 is 103 Å². The second-order valence-corrected chi connectivity index (χ2v) is 40.9. The Hall–Kier alpha value is -9.16. The lowest BCUT2D eigenvalue weighted by Gasteiger charge is -2.34. The summed E-state index contributed by atoms with van der Waals surface area (Å²) < 4.78 is 123. The zero-order valence-electron chi connectivity index (χ0n) is 76.5. The molecule has 4 saturated heterocycles. The third-order valence-corrected chi connectivity index (χ3v) is 27.1. The zero-order valence-corrected chi connectivity index (χ0v) is 79.8. The Morgan fingerprint density at radius 3 is 1.06 bits per heavy atom. The molecule has 0 radical (unpaired) electrons. The highest BCUT2D eigenvalue weighted by molar-refractivity contribution is 8.02. The average molecular weight is 1920 g/mol. The molecule has 6 heterocycles. The van der Waals surface area contributed by atoms with E-state index < -0.39 is 101 Å². The molecule has 0 spiro atoms. The number of rotatable bonds is 52. The summed E-state index contributed by atoms with van der Waals surface area (Å²) in [6, 6.07) is 13.3. The summed E-state index contributed by atoms with van der Waals surface area (Å²) in [7, 11) is -8.26. The SMILES string of the molecule is CC(C)(C)OC(=O)[C@H](Cc1ccc(OC(=O)N2CCN(C(=O)NCCOCCOCCC(=O)NCCCOCCOCCCOCCOCCCNC(=O)CCOCCOCCNC(=O)N3CCN(C(=O)Oc4ccc(C[C@H](NC(=O)[C@H]5N(S(=O)(=O)c6cccnc6)CSC5(C)C)C(=O)OC(C)(C)C)cc4)CC3)CC2)cc1)NC(=O)[C@H]1N(S(=O)(=O)c2cccnc2)CSC1(C)C. The van der Waals surface area contributed by atoms with Gasteiger partial charge in [0, 0.05) is 165 Å². The predicted octanol–water partition coefficient (Wildman–Crippen LogP) is 4.97. The van der Waals surface area contributed by atoms with E-state index in [9.17, 15) is 64.8 Å². The molecule has 0 aliphatic carbocycles. The third kappa shape index (κ3) is 37.0. The fourth-order valence-corrected chi connectivity index (χ4v) is 19.9. The summed E-state index contributed by atoms with van der Waals surface area (Å²) in [6.45, 7) is 26.3. The molecule has 728 valence electrons. The Labute approximate surface area is 775 Å². The Kier molecular flexibility index (Phi) is 43.9. The number of ether oxygens (including phenoxy) is 12. The van der Waals surface area contributed by atoms with Crippen molar-refractivity contribution in [3.63, 3.8) is 0 Å². The fraction of sp³-hybridized carbons (Fsp3) is 0.632. The quantitative estimate of drug-likeness (QED) is 0.0251. The van der Waals surface area contributed by atoms with Crippen LogP contribution >= 0.6 is 23.5 Å². The molecule has 0 saturated carbocycles. The number of esters is 2. The number of piperazine rings is 2. The van der Waals surface area contributed by atoms with E-state index in [0.29, 0.717) is 96.3 Å². The first kappa shape index (κ1) is 107. The summed E-state index contributed by atoms with van der Waals surface area (Å²) in [5, 5.41) is 16.9. The first-order valence-electron chi connectivity index (χ1n) is 43.9. The number of aromatic nitrogens is 2. The smallest absolute Gasteiger partial charge is 0.415 e. The minimum atomic E-state index is -4.13. The number of nitrogens with zero attached hydrogens (tertiary/aromatic N) is 8. The highest BCUT2D eigenvalue weighted by Crippen LogP contribution is 2.44. The third-order valence-electron chi connectivity index (χ3n) is 20.4. The molecule has 0 bridgehead atoms. The molecule has 0 unspecified atom stereocenters. The van der Waals surface area contributed by atoms with Crippen LogP contribution < -0.4 is 41.4 Å². The van der Waals surface area contributed by atoms with Crippen molar-refractivity contribution in [3.05, 3.63) is 109 Å². The summed E-state index contributed by atoms with van der Waals surface area (Å²) in [4.78, 5) is 146. The molecule has 4 aliphatic heterocycles. The second kappa shape index (κ2) is 53.7. The molecule has 2 aromatic heterocycles. The largest absolute Gasteiger partial charge is 0.458 e. The van der Waals surface area contributed by atoms with Crippen LogP contribution in [0, 0.1) is 0 Å². The maximum atomic E-state index is 14.1. The molecule has 10 amide bonds. The number of nitrogens with one attached hydrogen (secondary N) is 6. The number of hydrogen-bond donors (Lipinski definition) is 6. The van der Waals surface area contributed by atoms with Gasteiger partial charge in [0.05, 0.1) is 91.0 Å². The number of benzene rings is 2. The lowest BCUT2D eigenvalue weighted by molar-refractivity contribution is -0.159. The van der Waals surface area contributed by atoms with Gasteiger partial charge in [0.15, 0.2) is 0 Å². The average Bonchev–Trinajstić information content (AvgIpc) is 1.62. The highest BCUT2D eigenvalue weighted by atomic mass is 32.2. The van der Waals surface area contributed by atoms with Crippen molar-refractivity contribution < 1.29 is 122 Å². The number of sulfonamides is 2. The monoisotopic (exact) mass is 1910 g/mol. The Morgan fingerprint density at radius 2 is 0.733 bits per heavy atom. The summed E-state index contributed by atoms with van der Waals surface area (Å²) in [6.07, 6.45) is 6.45. The summed E-state index contributed by atoms with van der Waals surface area (Å²) in [5.74, 6) is -2.56. The number of carbonyl (C=O) groups excluding carboxylic acids is 10. The van der Waals surface area contributed by atoms with Gasteiger partial charge in [-0.15, -0.1) is 23.5 Å². The Morgan fingerprint density at radius 1 is 0.412 bits per heavy atom. The molecule has 2 aromatic carbocycles. The molecule has 131 heavy (non-hydrogen) atoms. The molecular formula is C87H130N14O26S4. The van der Waals surface area contributed by atoms with Crippen LogP contribution in [0.15, 0.2) is 107 Å². The van der Waals surface area contributed by atoms with Gasteiger partial charge in [-0.2, -0.15) is 8.61 Å². The van der Waals surface area contributed by atoms with Crippen LogP contribution in [0.2, 0.25) is 0 Å². The van der Waals surface area contributed by atoms with E-state index in [0.717, 1.165) is 8.61 Å². The van der Waals surface area contributed by atoms with Gasteiger partial charge in [-0.25, -0.2) is 45.6 Å². The van der Waals surface area contributed by atoms with Crippen molar-refractivity contribution in [2.45, 2.75) is 169 Å². The summed E-state index contributed by atoms with van der Waals surface area (Å²) in [5.41, 5.74) is -0.596. The molecule has 44 heteroatoms. The number of pyridine rings is 2. The normalized spacial score (nSPS) is 17.1. The first-order chi connectivity index (χ1) is 62.4. The second-order valence-electron chi connectivity index (χ2n) is 33.9. The van der Waals surface area contributed by atoms with Crippen LogP contribution in [0.25, 0.3) is 0 Å². The number of hydrogen-bond acceptors (Lipinski definition) is 30. The maximum absolute atomic E-state index is 14.1. The van der Waals surface area contributed by atoms with Crippen molar-refractivity contribution in [1.82, 2.24) is 70.1 Å². The lowest BCUT2D eigenvalue weighted by Crippen LogP contribution is -2.57. The van der Waals surface area contributed by atoms with E-state index >= 15 is 0 Å². The molecule has 4 aromatic rings. The summed E-state index contributed by atoms with van der Waals surface area (Å²) >= 11 is 2.60. The van der Waals surface area contributed by atoms with E-state index in [-0.39, 0.29) is 201 Å². The topological polar surface area (TPSA) is 467 Å². The van der Waals surface area contributed by atoms with E-state index in [4.69, 9.17) is 56.8 Å². The van der Waals surface area contributed by atoms with Crippen molar-refractivity contribution in [3.8, 4) is 11.5 Å². The van der Waals surface area contributed by atoms with Gasteiger partial charge in [0.1, 0.15) is 56.7 Å². The van der Waals surface area contributed by atoms with Crippen LogP contribution in [-0.2, 0) is 109 Å². The number of urea groups is 2. The molecule has 4 fully saturated rings. The molecule has 40 nitrogen and oxygen atoms in total. The standard InChI is InChI=1S/C87H130N14O26S4/c1-84(2,3)126-78(106)70(94-76(104)74-86(7,8)128-62-100(74)130(112,113)68-16-11-28-88-60-68)58-64-18-22-66(23-19-64)124-82(110)98-38-34-96(35-39-98)80(108)92-32-48-122-56-54-120-46-26-72(102)90-30-13-42-116-50-52-118-44-15-45-119-53-51-117-43-14-31-91-73(103)27-47-121-55-57-123-49-33-93-81(109)97-36-40-99(41-37-97)83(111)125-67-24-20-65(21-25-67)59-71(79(107)127-85(4,5)6)95-77(105)75-87(9,10)129-63-101(75)131(114,115)69-17-12-29-89-61-69/h11-12,16-25,28-29,60-61,70-71,74-75H,13-15,26-27,30-59,62-63H2,1-10H3,(H,90,102)(H,91,103)(H,92,108)(H,93,109)(H,94,104)(H,95,105)/t70-,71-,74+,75+/m0/s1. The van der Waals surface area contributed by atoms with Gasteiger partial charge in [-0.05, 0) is 148 Å². The highest BCUT2D eigenvalue weighted by Gasteiger charge is 2.54. The number of carbonyl (C=O) groups is 10. The van der Waals surface area contributed by atoms with Crippen molar-refractivity contribution in [2.75, 3.05) is 196 Å². The van der Waals surface area contributed by atoms with Gasteiger partial charge < -0.3 is 108 Å². The number of amides is 10. The maximum Gasteiger partial charge on any atom is 0.415 e. The van der Waals surface area contributed by atoms with Gasteiger partial charge in [0.2, 0.25) is 43.7 Å². The first-order valence-corrected chi connectivity index (χ1v) is 48.8. The van der Waals surface area contributed by atoms with Crippen LogP contribution in [-0.4, -0.2) is 356 Å². The minimum Gasteiger partial charge on any atom is -0.458 e. The Balaban J connectivity index is 0.532. The van der Waals surface area contributed by atoms with Crippen molar-refractivity contribution in [1.29, 1.82) is 0 Å². The van der Waals surface area contributed by atoms with E-state index in [1.54, 1.807) is 128 Å². The van der Waals surface area contributed by atoms with Crippen LogP contribution in [0.1, 0.15) is 112 Å². The van der Waals surface area contributed by atoms with E-state index in [1.807, 2.05) is 0 Å². The molecule has 6 N–H and O–H groups in total. The molecule has 8 rings (SSSR count). The van der Waals surface area contributed by atoms with Crippen LogP contribution in [0.3, 0.4) is 0 Å². The van der Waals surface area contributed by atoms with Gasteiger partial charge >= 0.3 is 36.2 Å².